The normalized spacial score (nSPS) is 12.2. The average molecular weight is 273 g/mol. The van der Waals surface area contributed by atoms with Crippen LogP contribution < -0.4 is 4.90 Å². The zero-order valence-electron chi connectivity index (χ0n) is 11.9. The van der Waals surface area contributed by atoms with Crippen LogP contribution in [0.2, 0.25) is 0 Å². The Balaban J connectivity index is 2.32. The molecule has 0 aromatic heterocycles. The van der Waals surface area contributed by atoms with Crippen LogP contribution in [-0.2, 0) is 0 Å². The maximum Gasteiger partial charge on any atom is 0.123 e. The van der Waals surface area contributed by atoms with Crippen LogP contribution in [0.15, 0.2) is 48.5 Å². The van der Waals surface area contributed by atoms with Gasteiger partial charge in [-0.1, -0.05) is 19.1 Å². The van der Waals surface area contributed by atoms with Crippen LogP contribution in [0, 0.1) is 5.82 Å². The van der Waals surface area contributed by atoms with E-state index >= 15 is 0 Å². The number of benzene rings is 2. The van der Waals surface area contributed by atoms with Crippen molar-refractivity contribution < 1.29 is 9.50 Å². The summed E-state index contributed by atoms with van der Waals surface area (Å²) >= 11 is 0. The molecule has 0 fully saturated rings. The molecular formula is C17H20FNO. The topological polar surface area (TPSA) is 23.5 Å². The molecule has 0 aliphatic heterocycles. The highest BCUT2D eigenvalue weighted by Gasteiger charge is 2.17. The summed E-state index contributed by atoms with van der Waals surface area (Å²) in [7, 11) is 0. The molecular weight excluding hydrogens is 253 g/mol. The second kappa shape index (κ2) is 6.42. The highest BCUT2D eigenvalue weighted by molar-refractivity contribution is 5.49. The van der Waals surface area contributed by atoms with Gasteiger partial charge in [-0.25, -0.2) is 4.39 Å². The fraction of sp³-hybridized carbons (Fsp3) is 0.294. The molecule has 0 bridgehead atoms. The number of nitrogens with zero attached hydrogens (tertiary/aromatic N) is 1. The lowest BCUT2D eigenvalue weighted by Gasteiger charge is -2.32. The molecule has 0 spiro atoms. The highest BCUT2D eigenvalue weighted by Crippen LogP contribution is 2.30. The molecule has 0 radical (unpaired) electrons. The number of rotatable bonds is 5. The number of halogens is 1. The zero-order chi connectivity index (χ0) is 14.5. The van der Waals surface area contributed by atoms with Gasteiger partial charge < -0.3 is 10.0 Å². The van der Waals surface area contributed by atoms with Crippen molar-refractivity contribution >= 4 is 5.69 Å². The monoisotopic (exact) mass is 273 g/mol. The molecule has 1 unspecified atom stereocenters. The first-order valence-electron chi connectivity index (χ1n) is 6.96. The largest absolute Gasteiger partial charge is 0.508 e. The third kappa shape index (κ3) is 3.10. The maximum atomic E-state index is 13.1. The predicted octanol–water partition coefficient (Wildman–Crippen LogP) is 4.51. The van der Waals surface area contributed by atoms with E-state index in [2.05, 4.69) is 18.7 Å². The first kappa shape index (κ1) is 14.4. The van der Waals surface area contributed by atoms with Gasteiger partial charge in [0.15, 0.2) is 0 Å². The summed E-state index contributed by atoms with van der Waals surface area (Å²) in [4.78, 5) is 2.24. The number of phenolic OH excluding ortho intramolecular Hbond substituents is 1. The molecule has 3 heteroatoms. The van der Waals surface area contributed by atoms with Crippen molar-refractivity contribution in [2.75, 3.05) is 11.4 Å². The second-order valence-corrected chi connectivity index (χ2v) is 4.78. The van der Waals surface area contributed by atoms with Crippen molar-refractivity contribution in [3.05, 3.63) is 59.9 Å². The Morgan fingerprint density at radius 1 is 1.00 bits per heavy atom. The van der Waals surface area contributed by atoms with Crippen LogP contribution in [0.4, 0.5) is 10.1 Å². The second-order valence-electron chi connectivity index (χ2n) is 4.78. The average Bonchev–Trinajstić information content (AvgIpc) is 2.47. The highest BCUT2D eigenvalue weighted by atomic mass is 19.1. The van der Waals surface area contributed by atoms with E-state index in [0.717, 1.165) is 24.2 Å². The van der Waals surface area contributed by atoms with Crippen molar-refractivity contribution in [1.82, 2.24) is 0 Å². The predicted molar refractivity (Wildman–Crippen MR) is 80.6 cm³/mol. The molecule has 2 rings (SSSR count). The van der Waals surface area contributed by atoms with Crippen LogP contribution in [0.25, 0.3) is 0 Å². The summed E-state index contributed by atoms with van der Waals surface area (Å²) in [5.74, 6) is 0.0518. The van der Waals surface area contributed by atoms with E-state index in [-0.39, 0.29) is 17.6 Å². The quantitative estimate of drug-likeness (QED) is 0.866. The Hall–Kier alpha value is -2.03. The Bertz CT molecular complexity index is 484. The van der Waals surface area contributed by atoms with Gasteiger partial charge in [-0.2, -0.15) is 0 Å². The summed E-state index contributed by atoms with van der Waals surface area (Å²) in [6, 6.07) is 14.1. The Kier molecular flexibility index (Phi) is 4.61. The molecule has 0 aliphatic carbocycles. The minimum absolute atomic E-state index is 0.214. The van der Waals surface area contributed by atoms with Crippen LogP contribution >= 0.6 is 0 Å². The minimum atomic E-state index is -0.220. The van der Waals surface area contributed by atoms with Gasteiger partial charge >= 0.3 is 0 Å². The molecule has 1 N–H and O–H groups in total. The summed E-state index contributed by atoms with van der Waals surface area (Å²) < 4.78 is 13.1. The zero-order valence-corrected chi connectivity index (χ0v) is 11.9. The molecule has 0 amide bonds. The number of phenols is 1. The number of hydrogen-bond acceptors (Lipinski definition) is 2. The fourth-order valence-corrected chi connectivity index (χ4v) is 2.55. The lowest BCUT2D eigenvalue weighted by Crippen LogP contribution is -2.28. The Morgan fingerprint density at radius 3 is 2.10 bits per heavy atom. The van der Waals surface area contributed by atoms with E-state index in [0.29, 0.717) is 0 Å². The van der Waals surface area contributed by atoms with E-state index in [4.69, 9.17) is 0 Å². The van der Waals surface area contributed by atoms with Gasteiger partial charge in [0.2, 0.25) is 0 Å². The van der Waals surface area contributed by atoms with Crippen molar-refractivity contribution in [2.45, 2.75) is 26.3 Å². The molecule has 106 valence electrons. The minimum Gasteiger partial charge on any atom is -0.508 e. The molecule has 0 aliphatic rings. The third-order valence-electron chi connectivity index (χ3n) is 3.54. The van der Waals surface area contributed by atoms with Gasteiger partial charge in [-0.05, 0) is 55.3 Å². The molecule has 0 saturated carbocycles. The van der Waals surface area contributed by atoms with Gasteiger partial charge in [0.25, 0.3) is 0 Å². The molecule has 0 heterocycles. The molecule has 1 atom stereocenters. The van der Waals surface area contributed by atoms with Gasteiger partial charge in [-0.15, -0.1) is 0 Å². The fourth-order valence-electron chi connectivity index (χ4n) is 2.55. The van der Waals surface area contributed by atoms with E-state index in [1.807, 2.05) is 24.3 Å². The smallest absolute Gasteiger partial charge is 0.123 e. The standard InChI is InChI=1S/C17H20FNO/c1-3-17(13-5-11-16(20)12-6-13)19(4-2)15-9-7-14(18)8-10-15/h5-12,17,20H,3-4H2,1-2H3. The van der Waals surface area contributed by atoms with Crippen molar-refractivity contribution in [3.63, 3.8) is 0 Å². The molecule has 0 saturated heterocycles. The van der Waals surface area contributed by atoms with Gasteiger partial charge in [0.05, 0.1) is 6.04 Å². The summed E-state index contributed by atoms with van der Waals surface area (Å²) in [6.07, 6.45) is 0.940. The van der Waals surface area contributed by atoms with Crippen molar-refractivity contribution in [3.8, 4) is 5.75 Å². The number of anilines is 1. The first-order valence-corrected chi connectivity index (χ1v) is 6.96. The lowest BCUT2D eigenvalue weighted by molar-refractivity contribution is 0.474. The van der Waals surface area contributed by atoms with E-state index in [9.17, 15) is 9.50 Å². The summed E-state index contributed by atoms with van der Waals surface area (Å²) in [5, 5.41) is 9.40. The third-order valence-corrected chi connectivity index (χ3v) is 3.54. The lowest BCUT2D eigenvalue weighted by atomic mass is 10.0. The molecule has 2 aromatic rings. The Labute approximate surface area is 119 Å². The summed E-state index contributed by atoms with van der Waals surface area (Å²) in [6.45, 7) is 5.06. The van der Waals surface area contributed by atoms with Crippen LogP contribution in [0.1, 0.15) is 31.9 Å². The molecule has 2 nitrogen and oxygen atoms in total. The van der Waals surface area contributed by atoms with Crippen LogP contribution in [0.5, 0.6) is 5.75 Å². The van der Waals surface area contributed by atoms with Gasteiger partial charge in [0.1, 0.15) is 11.6 Å². The van der Waals surface area contributed by atoms with E-state index in [1.54, 1.807) is 12.1 Å². The van der Waals surface area contributed by atoms with Gasteiger partial charge in [-0.3, -0.25) is 0 Å². The molecule has 2 aromatic carbocycles. The van der Waals surface area contributed by atoms with Crippen LogP contribution in [-0.4, -0.2) is 11.7 Å². The maximum absolute atomic E-state index is 13.1. The van der Waals surface area contributed by atoms with Crippen molar-refractivity contribution in [1.29, 1.82) is 0 Å². The number of aromatic hydroxyl groups is 1. The van der Waals surface area contributed by atoms with E-state index < -0.39 is 0 Å². The van der Waals surface area contributed by atoms with E-state index in [1.165, 1.54) is 12.1 Å². The van der Waals surface area contributed by atoms with Crippen molar-refractivity contribution in [2.24, 2.45) is 0 Å². The SMILES string of the molecule is CCC(c1ccc(O)cc1)N(CC)c1ccc(F)cc1. The Morgan fingerprint density at radius 2 is 1.60 bits per heavy atom. The molecule has 20 heavy (non-hydrogen) atoms. The van der Waals surface area contributed by atoms with Gasteiger partial charge in [0, 0.05) is 12.2 Å². The van der Waals surface area contributed by atoms with Crippen LogP contribution in [0.3, 0.4) is 0 Å². The first-order chi connectivity index (χ1) is 9.65. The summed E-state index contributed by atoms with van der Waals surface area (Å²) in [5.41, 5.74) is 2.16. The number of hydrogen-bond donors (Lipinski definition) is 1.